The summed E-state index contributed by atoms with van der Waals surface area (Å²) in [6, 6.07) is 16.5. The van der Waals surface area contributed by atoms with Gasteiger partial charge >= 0.3 is 0 Å². The van der Waals surface area contributed by atoms with Crippen LogP contribution in [0.25, 0.3) is 20.7 Å². The van der Waals surface area contributed by atoms with E-state index in [0.29, 0.717) is 33.8 Å². The number of carbonyl (C=O) groups is 2. The van der Waals surface area contributed by atoms with Crippen molar-refractivity contribution in [1.82, 2.24) is 15.0 Å². The molecule has 0 unspecified atom stereocenters. The molecule has 0 atom stereocenters. The van der Waals surface area contributed by atoms with Gasteiger partial charge < -0.3 is 9.64 Å². The zero-order valence-electron chi connectivity index (χ0n) is 17.9. The van der Waals surface area contributed by atoms with E-state index in [4.69, 9.17) is 4.74 Å². The number of amides is 1. The number of rotatable bonds is 6. The second-order valence-corrected chi connectivity index (χ2v) is 8.72. The summed E-state index contributed by atoms with van der Waals surface area (Å²) in [6.07, 6.45) is 0.778. The molecule has 1 amide bonds. The summed E-state index contributed by atoms with van der Waals surface area (Å²) in [4.78, 5) is 41.3. The van der Waals surface area contributed by atoms with Crippen LogP contribution in [0.15, 0.2) is 59.4 Å². The Hall–Kier alpha value is -3.85. The van der Waals surface area contributed by atoms with Gasteiger partial charge in [0.15, 0.2) is 17.2 Å². The largest absolute Gasteiger partial charge is 0.482 e. The normalized spacial score (nSPS) is 13.1. The summed E-state index contributed by atoms with van der Waals surface area (Å²) in [6.45, 7) is 2.25. The topological polar surface area (TPSA) is 94.4 Å². The van der Waals surface area contributed by atoms with Gasteiger partial charge in [0.25, 0.3) is 11.5 Å². The van der Waals surface area contributed by atoms with E-state index in [0.717, 1.165) is 21.5 Å². The maximum absolute atomic E-state index is 13.0. The minimum absolute atomic E-state index is 0.0170. The van der Waals surface area contributed by atoms with Gasteiger partial charge in [-0.2, -0.15) is 0 Å². The molecule has 2 aromatic heterocycles. The fourth-order valence-electron chi connectivity index (χ4n) is 3.80. The van der Waals surface area contributed by atoms with Gasteiger partial charge in [-0.15, -0.1) is 16.4 Å². The van der Waals surface area contributed by atoms with Crippen molar-refractivity contribution in [3.05, 3.63) is 70.5 Å². The molecule has 0 radical (unpaired) electrons. The minimum Gasteiger partial charge on any atom is -0.482 e. The number of ether oxygens (including phenoxy) is 1. The van der Waals surface area contributed by atoms with Crippen LogP contribution < -0.4 is 15.2 Å². The van der Waals surface area contributed by atoms with Crippen LogP contribution >= 0.6 is 11.3 Å². The summed E-state index contributed by atoms with van der Waals surface area (Å²) in [5.41, 5.74) is 1.57. The quantitative estimate of drug-likeness (QED) is 0.409. The summed E-state index contributed by atoms with van der Waals surface area (Å²) >= 11 is 1.39. The molecule has 2 aromatic carbocycles. The van der Waals surface area contributed by atoms with Gasteiger partial charge in [0.1, 0.15) is 12.3 Å². The van der Waals surface area contributed by atoms with Crippen molar-refractivity contribution >= 4 is 38.9 Å². The molecule has 0 aliphatic carbocycles. The molecule has 4 aromatic rings. The predicted molar refractivity (Wildman–Crippen MR) is 126 cm³/mol. The lowest BCUT2D eigenvalue weighted by Crippen LogP contribution is -2.39. The van der Waals surface area contributed by atoms with Crippen LogP contribution in [0.3, 0.4) is 0 Å². The number of nitrogens with zero attached hydrogens (tertiary/aromatic N) is 4. The van der Waals surface area contributed by atoms with Crippen LogP contribution in [0.5, 0.6) is 5.75 Å². The van der Waals surface area contributed by atoms with Crippen molar-refractivity contribution in [2.24, 2.45) is 0 Å². The highest BCUT2D eigenvalue weighted by atomic mass is 32.1. The third kappa shape index (κ3) is 3.91. The molecule has 1 aliphatic heterocycles. The third-order valence-corrected chi connectivity index (χ3v) is 6.51. The standard InChI is InChI=1S/C24H20N4O4S/c1-2-10-27-18-11-16(8-9-20(18)32-14-22(27)30)19(29)13-28-24(31)17-12-21(33-23(17)25-26-28)15-6-4-3-5-7-15/h3-9,11-12H,2,10,13-14H2,1H3. The molecular formula is C24H20N4O4S. The van der Waals surface area contributed by atoms with Gasteiger partial charge in [0.2, 0.25) is 0 Å². The first-order valence-electron chi connectivity index (χ1n) is 10.6. The highest BCUT2D eigenvalue weighted by Gasteiger charge is 2.26. The van der Waals surface area contributed by atoms with Gasteiger partial charge in [-0.25, -0.2) is 4.68 Å². The van der Waals surface area contributed by atoms with E-state index in [1.54, 1.807) is 29.2 Å². The number of ketones is 1. The monoisotopic (exact) mass is 460 g/mol. The molecule has 0 bridgehead atoms. The van der Waals surface area contributed by atoms with Gasteiger partial charge in [-0.1, -0.05) is 42.5 Å². The number of thiophene rings is 1. The maximum atomic E-state index is 13.0. The Morgan fingerprint density at radius 3 is 2.73 bits per heavy atom. The number of hydrogen-bond donors (Lipinski definition) is 0. The third-order valence-electron chi connectivity index (χ3n) is 5.44. The van der Waals surface area contributed by atoms with Gasteiger partial charge in [-0.3, -0.25) is 14.4 Å². The lowest BCUT2D eigenvalue weighted by molar-refractivity contribution is -0.121. The Kier molecular flexibility index (Phi) is 5.47. The Bertz CT molecular complexity index is 1430. The van der Waals surface area contributed by atoms with Crippen LogP contribution in [0.4, 0.5) is 5.69 Å². The van der Waals surface area contributed by atoms with Crippen LogP contribution in [0.2, 0.25) is 0 Å². The average Bonchev–Trinajstić information content (AvgIpc) is 3.28. The Morgan fingerprint density at radius 1 is 1.12 bits per heavy atom. The minimum atomic E-state index is -0.365. The maximum Gasteiger partial charge on any atom is 0.278 e. The van der Waals surface area contributed by atoms with Crippen molar-refractivity contribution < 1.29 is 14.3 Å². The SMILES string of the molecule is CCCN1C(=O)COc2ccc(C(=O)Cn3nnc4sc(-c5ccccc5)cc4c3=O)cc21. The first-order chi connectivity index (χ1) is 16.0. The van der Waals surface area contributed by atoms with Crippen molar-refractivity contribution in [3.8, 4) is 16.2 Å². The Balaban J connectivity index is 1.44. The van der Waals surface area contributed by atoms with Crippen LogP contribution in [0, 0.1) is 0 Å². The molecule has 0 spiro atoms. The molecule has 0 N–H and O–H groups in total. The number of aromatic nitrogens is 3. The van der Waals surface area contributed by atoms with Crippen LogP contribution in [-0.2, 0) is 11.3 Å². The van der Waals surface area contributed by atoms with Gasteiger partial charge in [0.05, 0.1) is 11.1 Å². The average molecular weight is 461 g/mol. The first-order valence-corrected chi connectivity index (χ1v) is 11.4. The van der Waals surface area contributed by atoms with E-state index in [2.05, 4.69) is 10.3 Å². The van der Waals surface area contributed by atoms with Crippen molar-refractivity contribution in [2.45, 2.75) is 19.9 Å². The zero-order valence-corrected chi connectivity index (χ0v) is 18.7. The molecule has 33 heavy (non-hydrogen) atoms. The highest BCUT2D eigenvalue weighted by molar-refractivity contribution is 7.21. The van der Waals surface area contributed by atoms with Crippen LogP contribution in [-0.4, -0.2) is 39.8 Å². The van der Waals surface area contributed by atoms with E-state index < -0.39 is 0 Å². The van der Waals surface area contributed by atoms with Gasteiger partial charge in [0, 0.05) is 17.0 Å². The van der Waals surface area contributed by atoms with E-state index in [-0.39, 0.29) is 30.4 Å². The molecule has 0 saturated heterocycles. The molecule has 9 heteroatoms. The highest BCUT2D eigenvalue weighted by Crippen LogP contribution is 2.33. The summed E-state index contributed by atoms with van der Waals surface area (Å²) < 4.78 is 6.57. The van der Waals surface area contributed by atoms with Crippen LogP contribution in [0.1, 0.15) is 23.7 Å². The van der Waals surface area contributed by atoms with E-state index in [9.17, 15) is 14.4 Å². The Morgan fingerprint density at radius 2 is 1.94 bits per heavy atom. The van der Waals surface area contributed by atoms with Crippen molar-refractivity contribution in [1.29, 1.82) is 0 Å². The van der Waals surface area contributed by atoms with Gasteiger partial charge in [-0.05, 0) is 36.2 Å². The van der Waals surface area contributed by atoms with E-state index in [1.165, 1.54) is 11.3 Å². The summed E-state index contributed by atoms with van der Waals surface area (Å²) in [5.74, 6) is 0.111. The molecular weight excluding hydrogens is 440 g/mol. The smallest absolute Gasteiger partial charge is 0.278 e. The lowest BCUT2D eigenvalue weighted by Gasteiger charge is -2.29. The molecule has 166 valence electrons. The second kappa shape index (κ2) is 8.59. The molecule has 8 nitrogen and oxygen atoms in total. The first kappa shape index (κ1) is 21.0. The number of hydrogen-bond acceptors (Lipinski definition) is 7. The lowest BCUT2D eigenvalue weighted by atomic mass is 10.1. The molecule has 5 rings (SSSR count). The zero-order chi connectivity index (χ0) is 22.9. The van der Waals surface area contributed by atoms with Crippen molar-refractivity contribution in [2.75, 3.05) is 18.1 Å². The number of carbonyl (C=O) groups excluding carboxylic acids is 2. The number of fused-ring (bicyclic) bond motifs is 2. The van der Waals surface area contributed by atoms with E-state index in [1.807, 2.05) is 37.3 Å². The molecule has 1 aliphatic rings. The Labute approximate surface area is 193 Å². The number of Topliss-reactive ketones (excluding diaryl/α,β-unsaturated/α-hetero) is 1. The summed E-state index contributed by atoms with van der Waals surface area (Å²) in [5, 5.41) is 8.57. The number of anilines is 1. The summed E-state index contributed by atoms with van der Waals surface area (Å²) in [7, 11) is 0. The second-order valence-electron chi connectivity index (χ2n) is 7.69. The van der Waals surface area contributed by atoms with Crippen molar-refractivity contribution in [3.63, 3.8) is 0 Å². The molecule has 0 fully saturated rings. The molecule has 3 heterocycles. The molecule has 0 saturated carbocycles. The fourth-order valence-corrected chi connectivity index (χ4v) is 4.78. The predicted octanol–water partition coefficient (Wildman–Crippen LogP) is 3.54. The van der Waals surface area contributed by atoms with E-state index >= 15 is 0 Å². The fraction of sp³-hybridized carbons (Fsp3) is 0.208. The number of benzene rings is 2.